The van der Waals surface area contributed by atoms with Gasteiger partial charge in [-0.1, -0.05) is 23.8 Å². The number of hydrogen-bond acceptors (Lipinski definition) is 4. The maximum Gasteiger partial charge on any atom is 0.270 e. The van der Waals surface area contributed by atoms with Gasteiger partial charge in [0.1, 0.15) is 11.5 Å². The van der Waals surface area contributed by atoms with Crippen molar-refractivity contribution < 1.29 is 9.18 Å². The molecule has 3 rings (SSSR count). The van der Waals surface area contributed by atoms with E-state index in [1.807, 2.05) is 31.2 Å². The highest BCUT2D eigenvalue weighted by Crippen LogP contribution is 2.28. The van der Waals surface area contributed by atoms with Gasteiger partial charge in [-0.25, -0.2) is 9.37 Å². The van der Waals surface area contributed by atoms with Gasteiger partial charge in [-0.15, -0.1) is 0 Å². The van der Waals surface area contributed by atoms with E-state index >= 15 is 0 Å². The number of carbonyl (C=O) groups excluding carboxylic acids is 1. The summed E-state index contributed by atoms with van der Waals surface area (Å²) >= 11 is 0. The second kappa shape index (κ2) is 7.62. The average molecular weight is 348 g/mol. The summed E-state index contributed by atoms with van der Waals surface area (Å²) in [7, 11) is 0. The molecule has 1 aromatic heterocycles. The summed E-state index contributed by atoms with van der Waals surface area (Å²) < 4.78 is 14.0. The summed E-state index contributed by atoms with van der Waals surface area (Å²) in [6.07, 6.45) is 0.221. The monoisotopic (exact) mass is 348 g/mol. The first kappa shape index (κ1) is 17.4. The van der Waals surface area contributed by atoms with Crippen LogP contribution in [0.3, 0.4) is 0 Å². The Hall–Kier alpha value is -3.46. The molecule has 0 spiro atoms. The predicted molar refractivity (Wildman–Crippen MR) is 98.7 cm³/mol. The summed E-state index contributed by atoms with van der Waals surface area (Å²) in [5.41, 5.74) is 2.77. The average Bonchev–Trinajstić information content (AvgIpc) is 2.64. The van der Waals surface area contributed by atoms with Gasteiger partial charge in [0.05, 0.1) is 29.4 Å². The lowest BCUT2D eigenvalue weighted by molar-refractivity contribution is 0.0950. The Morgan fingerprint density at radius 3 is 2.77 bits per heavy atom. The molecular weight excluding hydrogens is 331 g/mol. The normalized spacial score (nSPS) is 10.3. The predicted octanol–water partition coefficient (Wildman–Crippen LogP) is 4.07. The van der Waals surface area contributed by atoms with Gasteiger partial charge in [0.2, 0.25) is 0 Å². The number of para-hydroxylation sites is 1. The second-order valence-electron chi connectivity index (χ2n) is 5.84. The summed E-state index contributed by atoms with van der Waals surface area (Å²) in [5.74, 6) is -0.760. The molecule has 0 fully saturated rings. The van der Waals surface area contributed by atoms with Crippen molar-refractivity contribution in [3.05, 3.63) is 65.6 Å². The number of aromatic nitrogens is 1. The minimum absolute atomic E-state index is 0.207. The van der Waals surface area contributed by atoms with Crippen molar-refractivity contribution in [2.45, 2.75) is 13.3 Å². The molecule has 1 amide bonds. The fourth-order valence-corrected chi connectivity index (χ4v) is 2.59. The van der Waals surface area contributed by atoms with Gasteiger partial charge in [0, 0.05) is 11.9 Å². The van der Waals surface area contributed by atoms with Gasteiger partial charge in [-0.05, 0) is 37.3 Å². The third-order valence-corrected chi connectivity index (χ3v) is 3.86. The largest absolute Gasteiger partial charge is 0.353 e. The quantitative estimate of drug-likeness (QED) is 0.681. The van der Waals surface area contributed by atoms with Crippen molar-refractivity contribution in [3.8, 4) is 6.07 Å². The number of anilines is 2. The third kappa shape index (κ3) is 3.78. The Labute approximate surface area is 150 Å². The molecule has 0 unspecified atom stereocenters. The van der Waals surface area contributed by atoms with Gasteiger partial charge in [0.15, 0.2) is 0 Å². The smallest absolute Gasteiger partial charge is 0.270 e. The topological polar surface area (TPSA) is 77.8 Å². The number of nitrogens with one attached hydrogen (secondary N) is 2. The van der Waals surface area contributed by atoms with E-state index in [1.165, 1.54) is 6.07 Å². The van der Waals surface area contributed by atoms with E-state index in [9.17, 15) is 9.18 Å². The van der Waals surface area contributed by atoms with Gasteiger partial charge in [-0.2, -0.15) is 5.26 Å². The molecule has 1 heterocycles. The van der Waals surface area contributed by atoms with E-state index in [-0.39, 0.29) is 30.4 Å². The molecule has 0 saturated heterocycles. The van der Waals surface area contributed by atoms with Gasteiger partial charge >= 0.3 is 0 Å². The van der Waals surface area contributed by atoms with Crippen LogP contribution in [-0.2, 0) is 0 Å². The summed E-state index contributed by atoms with van der Waals surface area (Å²) in [6, 6.07) is 15.6. The van der Waals surface area contributed by atoms with Gasteiger partial charge in [0.25, 0.3) is 5.91 Å². The minimum atomic E-state index is -0.384. The molecule has 0 aliphatic carbocycles. The fraction of sp³-hybridized carbons (Fsp3) is 0.150. The SMILES string of the molecule is Cc1ccc2nc(C(=O)NCCC#N)cc(Nc3ccccc3F)c2c1. The van der Waals surface area contributed by atoms with Gasteiger partial charge < -0.3 is 10.6 Å². The number of carbonyl (C=O) groups is 1. The molecule has 130 valence electrons. The van der Waals surface area contributed by atoms with Crippen molar-refractivity contribution in [1.82, 2.24) is 10.3 Å². The number of halogens is 1. The number of benzene rings is 2. The highest BCUT2D eigenvalue weighted by Gasteiger charge is 2.13. The molecule has 26 heavy (non-hydrogen) atoms. The molecular formula is C20H17FN4O. The first-order chi connectivity index (χ1) is 12.6. The Bertz CT molecular complexity index is 1010. The van der Waals surface area contributed by atoms with Crippen LogP contribution < -0.4 is 10.6 Å². The van der Waals surface area contributed by atoms with Crippen molar-refractivity contribution in [1.29, 1.82) is 5.26 Å². The van der Waals surface area contributed by atoms with Crippen LogP contribution in [0.15, 0.2) is 48.5 Å². The summed E-state index contributed by atoms with van der Waals surface area (Å²) in [4.78, 5) is 16.7. The molecule has 2 N–H and O–H groups in total. The lowest BCUT2D eigenvalue weighted by Gasteiger charge is -2.13. The first-order valence-electron chi connectivity index (χ1n) is 8.16. The molecule has 5 nitrogen and oxygen atoms in total. The van der Waals surface area contributed by atoms with E-state index in [0.29, 0.717) is 16.9 Å². The molecule has 0 bridgehead atoms. The van der Waals surface area contributed by atoms with Crippen molar-refractivity contribution in [3.63, 3.8) is 0 Å². The molecule has 6 heteroatoms. The number of rotatable bonds is 5. The van der Waals surface area contributed by atoms with E-state index in [1.54, 1.807) is 24.3 Å². The highest BCUT2D eigenvalue weighted by atomic mass is 19.1. The zero-order chi connectivity index (χ0) is 18.5. The van der Waals surface area contributed by atoms with Crippen LogP contribution in [0.2, 0.25) is 0 Å². The number of aryl methyl sites for hydroxylation is 1. The Kier molecular flexibility index (Phi) is 5.09. The zero-order valence-electron chi connectivity index (χ0n) is 14.2. The van der Waals surface area contributed by atoms with Crippen LogP contribution in [0.25, 0.3) is 10.9 Å². The number of fused-ring (bicyclic) bond motifs is 1. The Balaban J connectivity index is 2.04. The number of pyridine rings is 1. The number of hydrogen-bond donors (Lipinski definition) is 2. The zero-order valence-corrected chi connectivity index (χ0v) is 14.2. The number of amides is 1. The molecule has 0 aliphatic heterocycles. The number of nitriles is 1. The van der Waals surface area contributed by atoms with Crippen LogP contribution in [-0.4, -0.2) is 17.4 Å². The molecule has 0 radical (unpaired) electrons. The van der Waals surface area contributed by atoms with Crippen LogP contribution in [0.5, 0.6) is 0 Å². The summed E-state index contributed by atoms with van der Waals surface area (Å²) in [6.45, 7) is 2.20. The van der Waals surface area contributed by atoms with Crippen LogP contribution in [0.4, 0.5) is 15.8 Å². The maximum atomic E-state index is 14.0. The standard InChI is InChI=1S/C20H17FN4O/c1-13-7-8-16-14(11-13)18(25-17-6-3-2-5-15(17)21)12-19(24-16)20(26)23-10-4-9-22/h2-3,5-8,11-12H,4,10H2,1H3,(H,23,26)(H,24,25). The summed E-state index contributed by atoms with van der Waals surface area (Å²) in [5, 5.41) is 15.1. The molecule has 0 atom stereocenters. The highest BCUT2D eigenvalue weighted by molar-refractivity contribution is 6.00. The van der Waals surface area contributed by atoms with E-state index in [4.69, 9.17) is 5.26 Å². The number of nitrogens with zero attached hydrogens (tertiary/aromatic N) is 2. The van der Waals surface area contributed by atoms with Crippen LogP contribution in [0.1, 0.15) is 22.5 Å². The van der Waals surface area contributed by atoms with E-state index in [0.717, 1.165) is 10.9 Å². The lowest BCUT2D eigenvalue weighted by atomic mass is 10.1. The van der Waals surface area contributed by atoms with E-state index < -0.39 is 0 Å². The van der Waals surface area contributed by atoms with Crippen molar-refractivity contribution >= 4 is 28.2 Å². The fourth-order valence-electron chi connectivity index (χ4n) is 2.59. The van der Waals surface area contributed by atoms with Crippen molar-refractivity contribution in [2.24, 2.45) is 0 Å². The molecule has 3 aromatic rings. The Morgan fingerprint density at radius 2 is 2.00 bits per heavy atom. The minimum Gasteiger partial charge on any atom is -0.353 e. The van der Waals surface area contributed by atoms with Crippen molar-refractivity contribution in [2.75, 3.05) is 11.9 Å². The van der Waals surface area contributed by atoms with Crippen LogP contribution in [0, 0.1) is 24.1 Å². The lowest BCUT2D eigenvalue weighted by Crippen LogP contribution is -2.25. The molecule has 0 saturated carbocycles. The second-order valence-corrected chi connectivity index (χ2v) is 5.84. The maximum absolute atomic E-state index is 14.0. The van der Waals surface area contributed by atoms with Gasteiger partial charge in [-0.3, -0.25) is 4.79 Å². The molecule has 2 aromatic carbocycles. The van der Waals surface area contributed by atoms with Crippen LogP contribution >= 0.6 is 0 Å². The third-order valence-electron chi connectivity index (χ3n) is 3.86. The molecule has 0 aliphatic rings. The first-order valence-corrected chi connectivity index (χ1v) is 8.16. The Morgan fingerprint density at radius 1 is 1.19 bits per heavy atom. The van der Waals surface area contributed by atoms with E-state index in [2.05, 4.69) is 15.6 Å².